The molecule has 0 atom stereocenters. The fraction of sp³-hybridized carbons (Fsp3) is 0.111. The van der Waals surface area contributed by atoms with Gasteiger partial charge in [-0.2, -0.15) is 13.2 Å². The van der Waals surface area contributed by atoms with Crippen LogP contribution >= 0.6 is 11.3 Å². The largest absolute Gasteiger partial charge is 0.435 e. The number of halogens is 3. The lowest BCUT2D eigenvalue weighted by Crippen LogP contribution is -2.07. The van der Waals surface area contributed by atoms with Gasteiger partial charge in [0.2, 0.25) is 0 Å². The Hall–Kier alpha value is -1.63. The predicted octanol–water partition coefficient (Wildman–Crippen LogP) is 2.63. The summed E-state index contributed by atoms with van der Waals surface area (Å²) < 4.78 is 39.1. The van der Waals surface area contributed by atoms with E-state index in [2.05, 4.69) is 4.98 Å². The van der Waals surface area contributed by atoms with Crippen LogP contribution in [0.25, 0.3) is 11.0 Å². The minimum absolute atomic E-state index is 0.129. The summed E-state index contributed by atoms with van der Waals surface area (Å²) >= 11 is 1.10. The third-order valence-electron chi connectivity index (χ3n) is 1.90. The van der Waals surface area contributed by atoms with Gasteiger partial charge in [0, 0.05) is 11.6 Å². The van der Waals surface area contributed by atoms with Crippen molar-refractivity contribution >= 4 is 28.7 Å². The van der Waals surface area contributed by atoms with E-state index in [4.69, 9.17) is 0 Å². The van der Waals surface area contributed by atoms with Crippen LogP contribution < -0.4 is 0 Å². The Kier molecular flexibility index (Phi) is 2.55. The van der Waals surface area contributed by atoms with Crippen LogP contribution in [0, 0.1) is 0 Å². The van der Waals surface area contributed by atoms with E-state index in [-0.39, 0.29) is 10.7 Å². The van der Waals surface area contributed by atoms with Crippen molar-refractivity contribution in [3.05, 3.63) is 29.0 Å². The summed E-state index contributed by atoms with van der Waals surface area (Å²) in [4.78, 5) is 13.9. The van der Waals surface area contributed by atoms with E-state index >= 15 is 0 Å². The fourth-order valence-electron chi connectivity index (χ4n) is 1.30. The average Bonchev–Trinajstić information content (AvgIpc) is 2.72. The maximum atomic E-state index is 12.6. The molecular weight excluding hydrogens is 241 g/mol. The first-order valence-corrected chi connectivity index (χ1v) is 5.06. The highest BCUT2D eigenvalue weighted by Crippen LogP contribution is 2.33. The highest BCUT2D eigenvalue weighted by molar-refractivity contribution is 7.15. The zero-order valence-electron chi connectivity index (χ0n) is 7.73. The molecule has 0 N–H and O–H groups in total. The van der Waals surface area contributed by atoms with E-state index in [1.54, 1.807) is 5.38 Å². The van der Waals surface area contributed by atoms with Crippen molar-refractivity contribution in [1.29, 1.82) is 0 Å². The Balaban J connectivity index is 2.67. The number of alkyl halides is 3. The first-order chi connectivity index (χ1) is 7.54. The van der Waals surface area contributed by atoms with Gasteiger partial charge in [0.1, 0.15) is 6.29 Å². The van der Waals surface area contributed by atoms with Gasteiger partial charge in [-0.3, -0.25) is 9.20 Å². The number of rotatable bonds is 2. The van der Waals surface area contributed by atoms with Crippen LogP contribution in [0.2, 0.25) is 0 Å². The highest BCUT2D eigenvalue weighted by atomic mass is 32.1. The molecule has 2 aromatic rings. The minimum atomic E-state index is -4.52. The lowest BCUT2D eigenvalue weighted by Gasteiger charge is -2.03. The fourth-order valence-corrected chi connectivity index (χ4v) is 2.02. The molecule has 0 bridgehead atoms. The molecule has 0 fully saturated rings. The van der Waals surface area contributed by atoms with Crippen molar-refractivity contribution in [3.8, 4) is 0 Å². The molecule has 0 saturated carbocycles. The first-order valence-electron chi connectivity index (χ1n) is 4.18. The summed E-state index contributed by atoms with van der Waals surface area (Å²) in [6, 6.07) is 0. The summed E-state index contributed by atoms with van der Waals surface area (Å²) in [5.41, 5.74) is -1.10. The number of imidazole rings is 1. The molecule has 0 amide bonds. The molecule has 0 saturated heterocycles. The van der Waals surface area contributed by atoms with Gasteiger partial charge in [-0.1, -0.05) is 0 Å². The van der Waals surface area contributed by atoms with Gasteiger partial charge < -0.3 is 0 Å². The Morgan fingerprint density at radius 2 is 2.19 bits per heavy atom. The van der Waals surface area contributed by atoms with Crippen LogP contribution in [0.15, 0.2) is 17.7 Å². The Bertz CT molecular complexity index is 553. The van der Waals surface area contributed by atoms with E-state index in [9.17, 15) is 18.0 Å². The lowest BCUT2D eigenvalue weighted by atomic mass is 10.3. The van der Waals surface area contributed by atoms with Crippen LogP contribution in [-0.2, 0) is 11.0 Å². The molecule has 0 unspecified atom stereocenters. The Morgan fingerprint density at radius 1 is 1.44 bits per heavy atom. The zero-order chi connectivity index (χ0) is 11.8. The molecule has 0 aliphatic carbocycles. The Morgan fingerprint density at radius 3 is 2.81 bits per heavy atom. The van der Waals surface area contributed by atoms with Gasteiger partial charge in [0.15, 0.2) is 10.7 Å². The molecule has 2 aromatic heterocycles. The lowest BCUT2D eigenvalue weighted by molar-refractivity contribution is -0.141. The summed E-state index contributed by atoms with van der Waals surface area (Å²) in [5, 5.41) is 1.63. The van der Waals surface area contributed by atoms with Gasteiger partial charge in [-0.15, -0.1) is 11.3 Å². The third kappa shape index (κ3) is 1.73. The van der Waals surface area contributed by atoms with E-state index in [0.29, 0.717) is 6.29 Å². The number of hydrogen-bond donors (Lipinski definition) is 0. The average molecular weight is 246 g/mol. The molecule has 0 aliphatic rings. The minimum Gasteiger partial charge on any atom is -0.299 e. The first kappa shape index (κ1) is 10.9. The number of fused-ring (bicyclic) bond motifs is 1. The van der Waals surface area contributed by atoms with E-state index in [1.807, 2.05) is 0 Å². The van der Waals surface area contributed by atoms with Gasteiger partial charge in [-0.05, 0) is 12.2 Å². The van der Waals surface area contributed by atoms with Crippen LogP contribution in [-0.4, -0.2) is 15.7 Å². The summed E-state index contributed by atoms with van der Waals surface area (Å²) in [5.74, 6) is 0. The molecule has 0 radical (unpaired) electrons. The maximum absolute atomic E-state index is 12.6. The zero-order valence-corrected chi connectivity index (χ0v) is 8.55. The summed E-state index contributed by atoms with van der Waals surface area (Å²) in [6.07, 6.45) is -0.508. The monoisotopic (exact) mass is 246 g/mol. The number of allylic oxidation sites excluding steroid dienone is 1. The van der Waals surface area contributed by atoms with Crippen molar-refractivity contribution < 1.29 is 18.0 Å². The molecule has 7 heteroatoms. The quantitative estimate of drug-likeness (QED) is 0.603. The standard InChI is InChI=1S/C9H5F3N2OS/c10-9(11,12)7-6(2-1-4-15)14-3-5-16-8(14)13-7/h1-5H/b2-1+. The predicted molar refractivity (Wildman–Crippen MR) is 53.2 cm³/mol. The molecule has 16 heavy (non-hydrogen) atoms. The van der Waals surface area contributed by atoms with Crippen molar-refractivity contribution in [1.82, 2.24) is 9.38 Å². The molecule has 2 rings (SSSR count). The van der Waals surface area contributed by atoms with E-state index in [0.717, 1.165) is 23.5 Å². The Labute approximate surface area is 91.8 Å². The molecule has 84 valence electrons. The van der Waals surface area contributed by atoms with Crippen molar-refractivity contribution in [2.24, 2.45) is 0 Å². The number of hydrogen-bond acceptors (Lipinski definition) is 3. The third-order valence-corrected chi connectivity index (χ3v) is 2.66. The second kappa shape index (κ2) is 3.75. The molecule has 2 heterocycles. The van der Waals surface area contributed by atoms with E-state index < -0.39 is 11.9 Å². The number of carbonyl (C=O) groups is 1. The maximum Gasteiger partial charge on any atom is 0.435 e. The number of aromatic nitrogens is 2. The molecule has 3 nitrogen and oxygen atoms in total. The van der Waals surface area contributed by atoms with Crippen LogP contribution in [0.5, 0.6) is 0 Å². The van der Waals surface area contributed by atoms with Gasteiger partial charge >= 0.3 is 6.18 Å². The van der Waals surface area contributed by atoms with Gasteiger partial charge in [-0.25, -0.2) is 4.98 Å². The molecular formula is C9H5F3N2OS. The number of carbonyl (C=O) groups excluding carboxylic acids is 1. The summed E-state index contributed by atoms with van der Waals surface area (Å²) in [7, 11) is 0. The SMILES string of the molecule is O=C/C=C/c1c(C(F)(F)F)nc2sccn12. The molecule has 0 spiro atoms. The second-order valence-electron chi connectivity index (χ2n) is 2.89. The van der Waals surface area contributed by atoms with Crippen molar-refractivity contribution in [2.45, 2.75) is 6.18 Å². The van der Waals surface area contributed by atoms with Crippen molar-refractivity contribution in [2.75, 3.05) is 0 Å². The van der Waals surface area contributed by atoms with Crippen LogP contribution in [0.1, 0.15) is 11.4 Å². The number of aldehydes is 1. The number of nitrogens with zero attached hydrogens (tertiary/aromatic N) is 2. The van der Waals surface area contributed by atoms with Crippen LogP contribution in [0.4, 0.5) is 13.2 Å². The van der Waals surface area contributed by atoms with Crippen molar-refractivity contribution in [3.63, 3.8) is 0 Å². The second-order valence-corrected chi connectivity index (χ2v) is 3.77. The number of thiazole rings is 1. The van der Waals surface area contributed by atoms with Gasteiger partial charge in [0.05, 0.1) is 5.69 Å². The van der Waals surface area contributed by atoms with E-state index in [1.165, 1.54) is 10.6 Å². The highest BCUT2D eigenvalue weighted by Gasteiger charge is 2.37. The molecule has 0 aliphatic heterocycles. The summed E-state index contributed by atoms with van der Waals surface area (Å²) in [6.45, 7) is 0. The van der Waals surface area contributed by atoms with Gasteiger partial charge in [0.25, 0.3) is 0 Å². The topological polar surface area (TPSA) is 34.4 Å². The van der Waals surface area contributed by atoms with Crippen LogP contribution in [0.3, 0.4) is 0 Å². The normalized spacial score (nSPS) is 12.7. The molecule has 0 aromatic carbocycles. The smallest absolute Gasteiger partial charge is 0.299 e.